The summed E-state index contributed by atoms with van der Waals surface area (Å²) in [5.74, 6) is 0.980. The molecule has 1 aliphatic heterocycles. The van der Waals surface area contributed by atoms with Gasteiger partial charge in [-0.05, 0) is 18.8 Å². The fourth-order valence-electron chi connectivity index (χ4n) is 1.33. The van der Waals surface area contributed by atoms with Crippen molar-refractivity contribution in [2.75, 3.05) is 13.1 Å². The lowest BCUT2D eigenvalue weighted by atomic mass is 9.96. The van der Waals surface area contributed by atoms with Crippen LogP contribution in [0, 0.1) is 5.92 Å². The zero-order chi connectivity index (χ0) is 6.69. The second kappa shape index (κ2) is 3.47. The summed E-state index contributed by atoms with van der Waals surface area (Å²) < 4.78 is 2.12. The number of thiol groups is 1. The van der Waals surface area contributed by atoms with E-state index in [-0.39, 0.29) is 0 Å². The van der Waals surface area contributed by atoms with Crippen LogP contribution in [-0.2, 0) is 0 Å². The zero-order valence-corrected chi connectivity index (χ0v) is 6.90. The van der Waals surface area contributed by atoms with Gasteiger partial charge in [0.2, 0.25) is 0 Å². The van der Waals surface area contributed by atoms with Gasteiger partial charge in [-0.1, -0.05) is 26.2 Å². The van der Waals surface area contributed by atoms with E-state index in [1.165, 1.54) is 32.4 Å². The summed E-state index contributed by atoms with van der Waals surface area (Å²) >= 11 is 4.27. The number of hydrogen-bond donors (Lipinski definition) is 1. The molecule has 1 nitrogen and oxygen atoms in total. The largest absolute Gasteiger partial charge is 0.253 e. The molecule has 2 heteroatoms. The number of rotatable bonds is 1. The Hall–Kier alpha value is 0.310. The van der Waals surface area contributed by atoms with E-state index in [4.69, 9.17) is 0 Å². The van der Waals surface area contributed by atoms with Crippen LogP contribution in [0.4, 0.5) is 0 Å². The SMILES string of the molecule is CCC1CCN(S)CC1. The van der Waals surface area contributed by atoms with Crippen LogP contribution in [0.2, 0.25) is 0 Å². The number of hydrogen-bond acceptors (Lipinski definition) is 2. The summed E-state index contributed by atoms with van der Waals surface area (Å²) in [6.45, 7) is 4.64. The molecule has 54 valence electrons. The van der Waals surface area contributed by atoms with Crippen molar-refractivity contribution >= 4 is 12.8 Å². The molecule has 0 aromatic carbocycles. The second-order valence-corrected chi connectivity index (χ2v) is 3.37. The molecule has 1 aliphatic rings. The molecule has 1 heterocycles. The van der Waals surface area contributed by atoms with Crippen LogP contribution < -0.4 is 0 Å². The lowest BCUT2D eigenvalue weighted by molar-refractivity contribution is 0.288. The van der Waals surface area contributed by atoms with Crippen molar-refractivity contribution < 1.29 is 0 Å². The van der Waals surface area contributed by atoms with Crippen molar-refractivity contribution in [3.05, 3.63) is 0 Å². The minimum Gasteiger partial charge on any atom is -0.253 e. The highest BCUT2D eigenvalue weighted by Gasteiger charge is 2.14. The third kappa shape index (κ3) is 2.18. The van der Waals surface area contributed by atoms with Crippen LogP contribution in [0.25, 0.3) is 0 Å². The molecule has 0 aromatic rings. The molecule has 0 atom stereocenters. The van der Waals surface area contributed by atoms with Crippen LogP contribution in [0.3, 0.4) is 0 Å². The Kier molecular flexibility index (Phi) is 2.86. The normalized spacial score (nSPS) is 24.7. The van der Waals surface area contributed by atoms with Gasteiger partial charge in [0.05, 0.1) is 0 Å². The second-order valence-electron chi connectivity index (χ2n) is 2.81. The van der Waals surface area contributed by atoms with E-state index in [2.05, 4.69) is 24.0 Å². The van der Waals surface area contributed by atoms with Gasteiger partial charge in [-0.25, -0.2) is 0 Å². The molecule has 1 rings (SSSR count). The molecule has 0 unspecified atom stereocenters. The summed E-state index contributed by atoms with van der Waals surface area (Å²) in [6, 6.07) is 0. The first-order valence-electron chi connectivity index (χ1n) is 3.76. The van der Waals surface area contributed by atoms with Gasteiger partial charge >= 0.3 is 0 Å². The number of piperidine rings is 1. The quantitative estimate of drug-likeness (QED) is 0.552. The van der Waals surface area contributed by atoms with Crippen LogP contribution in [0.1, 0.15) is 26.2 Å². The molecule has 0 bridgehead atoms. The van der Waals surface area contributed by atoms with Crippen LogP contribution in [-0.4, -0.2) is 17.4 Å². The lowest BCUT2D eigenvalue weighted by Crippen LogP contribution is -2.25. The van der Waals surface area contributed by atoms with Gasteiger partial charge in [0.25, 0.3) is 0 Å². The molecule has 0 aromatic heterocycles. The van der Waals surface area contributed by atoms with E-state index in [1.807, 2.05) is 0 Å². The van der Waals surface area contributed by atoms with Gasteiger partial charge in [0.15, 0.2) is 0 Å². The maximum atomic E-state index is 4.27. The van der Waals surface area contributed by atoms with Crippen molar-refractivity contribution in [3.63, 3.8) is 0 Å². The van der Waals surface area contributed by atoms with Crippen molar-refractivity contribution in [1.29, 1.82) is 0 Å². The van der Waals surface area contributed by atoms with Gasteiger partial charge in [0.1, 0.15) is 0 Å². The van der Waals surface area contributed by atoms with Gasteiger partial charge in [-0.3, -0.25) is 4.31 Å². The summed E-state index contributed by atoms with van der Waals surface area (Å²) in [7, 11) is 0. The minimum absolute atomic E-state index is 0.980. The Labute approximate surface area is 63.0 Å². The smallest absolute Gasteiger partial charge is 0.00896 e. The van der Waals surface area contributed by atoms with Crippen LogP contribution >= 0.6 is 12.8 Å². The highest BCUT2D eigenvalue weighted by Crippen LogP contribution is 2.20. The van der Waals surface area contributed by atoms with Crippen molar-refractivity contribution in [2.24, 2.45) is 5.92 Å². The Morgan fingerprint density at radius 3 is 2.44 bits per heavy atom. The number of nitrogens with zero attached hydrogens (tertiary/aromatic N) is 1. The predicted molar refractivity (Wildman–Crippen MR) is 43.6 cm³/mol. The summed E-state index contributed by atoms with van der Waals surface area (Å²) in [4.78, 5) is 0. The van der Waals surface area contributed by atoms with Crippen LogP contribution in [0.5, 0.6) is 0 Å². The fraction of sp³-hybridized carbons (Fsp3) is 1.00. The van der Waals surface area contributed by atoms with E-state index in [0.717, 1.165) is 5.92 Å². The Morgan fingerprint density at radius 2 is 2.00 bits per heavy atom. The van der Waals surface area contributed by atoms with Crippen molar-refractivity contribution in [3.8, 4) is 0 Å². The first kappa shape index (κ1) is 7.42. The van der Waals surface area contributed by atoms with E-state index >= 15 is 0 Å². The van der Waals surface area contributed by atoms with Gasteiger partial charge in [-0.15, -0.1) is 0 Å². The standard InChI is InChI=1S/C7H15NS/c1-2-7-3-5-8(9)6-4-7/h7,9H,2-6H2,1H3. The van der Waals surface area contributed by atoms with E-state index in [1.54, 1.807) is 0 Å². The highest BCUT2D eigenvalue weighted by atomic mass is 32.1. The highest BCUT2D eigenvalue weighted by molar-refractivity contribution is 7.77. The van der Waals surface area contributed by atoms with Crippen molar-refractivity contribution in [2.45, 2.75) is 26.2 Å². The van der Waals surface area contributed by atoms with Crippen molar-refractivity contribution in [1.82, 2.24) is 4.31 Å². The van der Waals surface area contributed by atoms with Gasteiger partial charge < -0.3 is 0 Å². The van der Waals surface area contributed by atoms with Crippen LogP contribution in [0.15, 0.2) is 0 Å². The van der Waals surface area contributed by atoms with E-state index in [0.29, 0.717) is 0 Å². The minimum atomic E-state index is 0.980. The summed E-state index contributed by atoms with van der Waals surface area (Å²) in [6.07, 6.45) is 4.04. The molecule has 0 aliphatic carbocycles. The molecule has 0 saturated carbocycles. The topological polar surface area (TPSA) is 3.24 Å². The molecule has 0 amide bonds. The molecule has 9 heavy (non-hydrogen) atoms. The fourth-order valence-corrected chi connectivity index (χ4v) is 1.56. The molecule has 0 N–H and O–H groups in total. The summed E-state index contributed by atoms with van der Waals surface area (Å²) in [5.41, 5.74) is 0. The Morgan fingerprint density at radius 1 is 1.44 bits per heavy atom. The Balaban J connectivity index is 2.18. The van der Waals surface area contributed by atoms with E-state index in [9.17, 15) is 0 Å². The molecule has 1 fully saturated rings. The molecular formula is C7H15NS. The van der Waals surface area contributed by atoms with Gasteiger partial charge in [0, 0.05) is 13.1 Å². The first-order chi connectivity index (χ1) is 4.33. The Bertz CT molecular complexity index is 77.0. The maximum absolute atomic E-state index is 4.27. The molecule has 0 spiro atoms. The maximum Gasteiger partial charge on any atom is 0.00896 e. The summed E-state index contributed by atoms with van der Waals surface area (Å²) in [5, 5.41) is 0. The molecule has 1 saturated heterocycles. The first-order valence-corrected chi connectivity index (χ1v) is 4.16. The average molecular weight is 145 g/mol. The molecular weight excluding hydrogens is 130 g/mol. The van der Waals surface area contributed by atoms with E-state index < -0.39 is 0 Å². The third-order valence-electron chi connectivity index (χ3n) is 2.17. The molecule has 0 radical (unpaired) electrons. The third-order valence-corrected chi connectivity index (χ3v) is 2.57. The lowest BCUT2D eigenvalue weighted by Gasteiger charge is -2.26. The average Bonchev–Trinajstić information content (AvgIpc) is 1.90. The zero-order valence-electron chi connectivity index (χ0n) is 6.01. The van der Waals surface area contributed by atoms with Gasteiger partial charge in [-0.2, -0.15) is 0 Å². The predicted octanol–water partition coefficient (Wildman–Crippen LogP) is 1.95. The monoisotopic (exact) mass is 145 g/mol.